The molecule has 3 fully saturated rings. The van der Waals surface area contributed by atoms with E-state index in [1.807, 2.05) is 30.8 Å². The Morgan fingerprint density at radius 1 is 0.565 bits per heavy atom. The Hall–Kier alpha value is -10.3. The number of rotatable bonds is 57. The van der Waals surface area contributed by atoms with Crippen molar-refractivity contribution in [3.05, 3.63) is 95.8 Å². The first-order valence-corrected chi connectivity index (χ1v) is 40.7. The van der Waals surface area contributed by atoms with Gasteiger partial charge in [0.2, 0.25) is 65.0 Å². The molecule has 2 saturated heterocycles. The first-order chi connectivity index (χ1) is 55.5. The van der Waals surface area contributed by atoms with E-state index in [0.717, 1.165) is 42.6 Å². The fraction of sp³-hybridized carbons (Fsp3) is 0.582. The molecule has 0 unspecified atom stereocenters. The van der Waals surface area contributed by atoms with E-state index >= 15 is 0 Å². The number of unbranched alkanes of at least 4 members (excludes halogenated alkanes) is 3. The number of ether oxygens (including phenoxy) is 4. The molecule has 2 aromatic carbocycles. The zero-order valence-electron chi connectivity index (χ0n) is 65.6. The third-order valence-corrected chi connectivity index (χ3v) is 20.6. The minimum Gasteiger partial charge on any atom is -0.481 e. The van der Waals surface area contributed by atoms with E-state index in [1.54, 1.807) is 67.0 Å². The standard InChI is InChI=1S/C79H116N16O19S/c1-54-15-3-4-17-58(54)92-77(109)88-57-27-24-55(25-28-57)51-70(102)90-60(19-8-12-38-83-65(97)29-26-56-16-14-36-81-52-56)74(106)91-61(20-13-23-71(103)104)75(107)95-79(34-9-2-10-35-79)76(108)87-42-46-114-50-49-113-44-40-85-67(99)31-30-66(98)84-39-43-111-47-48-112-45-41-86-68(100)32-33-69(101)89-59(73(80)105)18-7-11-37-82-64(96)22-6-5-21-63-72-62(53-115-63)93-78(110)94-72/h3-4,14-17,24-29,36,52,59-63,72H,2,5-13,18-23,30-35,37-51,53H2,1H3,(H2,80,105)(H,82,96)(H,83,97)(H,84,98)(H,85,99)(H,86,100)(H,87,108)(H,89,101)(H,90,102)(H,91,106)(H,95,107)(H,103,104)(H2,88,92,109)(H2,93,94,110)/b29-26+/t59-,60-,61-,62+,63+,72+/m0/s1. The van der Waals surface area contributed by atoms with Gasteiger partial charge in [-0.05, 0) is 131 Å². The Morgan fingerprint density at radius 2 is 1.13 bits per heavy atom. The predicted octanol–water partition coefficient (Wildman–Crippen LogP) is 2.69. The van der Waals surface area contributed by atoms with Gasteiger partial charge in [0.25, 0.3) is 0 Å². The van der Waals surface area contributed by atoms with Gasteiger partial charge in [0, 0.05) is 119 Å². The summed E-state index contributed by atoms with van der Waals surface area (Å²) in [5.74, 6) is -5.31. The smallest absolute Gasteiger partial charge is 0.323 e. The van der Waals surface area contributed by atoms with Crippen molar-refractivity contribution >= 4 is 112 Å². The number of pyridine rings is 1. The predicted molar refractivity (Wildman–Crippen MR) is 429 cm³/mol. The molecule has 3 heterocycles. The minimum absolute atomic E-state index is 0.00786. The van der Waals surface area contributed by atoms with Crippen molar-refractivity contribution in [1.82, 2.24) is 68.8 Å². The lowest BCUT2D eigenvalue weighted by atomic mass is 9.80. The van der Waals surface area contributed by atoms with Crippen molar-refractivity contribution in [2.45, 2.75) is 196 Å². The van der Waals surface area contributed by atoms with Gasteiger partial charge in [-0.3, -0.25) is 62.5 Å². The number of hydrogen-bond donors (Lipinski definition) is 16. The molecular weight excluding hydrogens is 1510 g/mol. The Kier molecular flexibility index (Phi) is 43.7. The van der Waals surface area contributed by atoms with Crippen LogP contribution in [0.15, 0.2) is 79.1 Å². The first kappa shape index (κ1) is 93.6. The highest BCUT2D eigenvalue weighted by molar-refractivity contribution is 8.00. The number of aliphatic carboxylic acids is 1. The maximum Gasteiger partial charge on any atom is 0.323 e. The van der Waals surface area contributed by atoms with Crippen LogP contribution in [0.2, 0.25) is 0 Å². The van der Waals surface area contributed by atoms with Crippen LogP contribution in [-0.2, 0) is 82.9 Å². The number of nitrogens with two attached hydrogens (primary N) is 1. The van der Waals surface area contributed by atoms with E-state index < -0.39 is 71.1 Å². The number of fused-ring (bicyclic) bond motifs is 1. The second kappa shape index (κ2) is 53.7. The summed E-state index contributed by atoms with van der Waals surface area (Å²) in [6.07, 6.45) is 13.0. The van der Waals surface area contributed by atoms with Crippen LogP contribution in [0.5, 0.6) is 0 Å². The summed E-state index contributed by atoms with van der Waals surface area (Å²) >= 11 is 1.84. The lowest BCUT2D eigenvalue weighted by molar-refractivity contribution is -0.138. The van der Waals surface area contributed by atoms with Crippen molar-refractivity contribution in [1.29, 1.82) is 0 Å². The highest BCUT2D eigenvalue weighted by Gasteiger charge is 2.44. The van der Waals surface area contributed by atoms with E-state index in [-0.39, 0.29) is 210 Å². The molecule has 0 spiro atoms. The van der Waals surface area contributed by atoms with Gasteiger partial charge in [0.1, 0.15) is 23.7 Å². The summed E-state index contributed by atoms with van der Waals surface area (Å²) < 4.78 is 22.2. The molecule has 36 heteroatoms. The summed E-state index contributed by atoms with van der Waals surface area (Å²) in [5, 5.41) is 49.0. The highest BCUT2D eigenvalue weighted by Crippen LogP contribution is 2.33. The van der Waals surface area contributed by atoms with E-state index in [4.69, 9.17) is 24.7 Å². The molecule has 6 atom stereocenters. The number of nitrogens with one attached hydrogen (secondary N) is 14. The van der Waals surface area contributed by atoms with Crippen LogP contribution in [0.3, 0.4) is 0 Å². The molecule has 1 saturated carbocycles. The van der Waals surface area contributed by atoms with Gasteiger partial charge < -0.3 is 104 Å². The molecule has 1 aliphatic carbocycles. The van der Waals surface area contributed by atoms with Gasteiger partial charge in [-0.1, -0.05) is 62.1 Å². The summed E-state index contributed by atoms with van der Waals surface area (Å²) in [4.78, 5) is 183. The van der Waals surface area contributed by atoms with Crippen molar-refractivity contribution in [2.24, 2.45) is 5.73 Å². The van der Waals surface area contributed by atoms with Gasteiger partial charge in [0.05, 0.1) is 71.4 Å². The lowest BCUT2D eigenvalue weighted by Gasteiger charge is -2.38. The summed E-state index contributed by atoms with van der Waals surface area (Å²) in [6, 6.07) is 13.8. The van der Waals surface area contributed by atoms with Gasteiger partial charge in [0.15, 0.2) is 0 Å². The minimum atomic E-state index is -1.37. The van der Waals surface area contributed by atoms with Crippen molar-refractivity contribution in [3.8, 4) is 0 Å². The fourth-order valence-electron chi connectivity index (χ4n) is 12.9. The topological polar surface area (TPSA) is 503 Å². The number of carboxylic acid groups (broad SMARTS) is 1. The summed E-state index contributed by atoms with van der Waals surface area (Å²) in [6.45, 7) is 4.54. The van der Waals surface area contributed by atoms with Crippen LogP contribution in [0, 0.1) is 6.92 Å². The Morgan fingerprint density at radius 3 is 1.74 bits per heavy atom. The Balaban J connectivity index is 0.787. The largest absolute Gasteiger partial charge is 0.481 e. The molecule has 3 aliphatic rings. The summed E-state index contributed by atoms with van der Waals surface area (Å²) in [7, 11) is 0. The van der Waals surface area contributed by atoms with E-state index in [1.165, 1.54) is 6.08 Å². The zero-order chi connectivity index (χ0) is 82.8. The summed E-state index contributed by atoms with van der Waals surface area (Å²) in [5.41, 5.74) is 7.43. The number of thioether (sulfide) groups is 1. The second-order valence-electron chi connectivity index (χ2n) is 28.3. The fourth-order valence-corrected chi connectivity index (χ4v) is 14.4. The molecule has 6 rings (SSSR count). The number of anilines is 2. The van der Waals surface area contributed by atoms with Crippen LogP contribution in [0.1, 0.15) is 158 Å². The van der Waals surface area contributed by atoms with Gasteiger partial charge in [-0.25, -0.2) is 9.59 Å². The van der Waals surface area contributed by atoms with Gasteiger partial charge in [-0.2, -0.15) is 11.8 Å². The molecule has 0 radical (unpaired) electrons. The number of aryl methyl sites for hydroxylation is 1. The Bertz CT molecular complexity index is 3650. The molecule has 1 aromatic heterocycles. The van der Waals surface area contributed by atoms with Crippen LogP contribution < -0.4 is 80.2 Å². The number of carboxylic acids is 1. The number of hydrogen-bond acceptors (Lipinski definition) is 20. The van der Waals surface area contributed by atoms with E-state index in [2.05, 4.69) is 79.4 Å². The average molecular weight is 1630 g/mol. The maximum absolute atomic E-state index is 14.4. The number of carbonyl (C=O) groups excluding carboxylic acids is 13. The second-order valence-corrected chi connectivity index (χ2v) is 29.5. The van der Waals surface area contributed by atoms with E-state index in [9.17, 15) is 72.2 Å². The number of urea groups is 2. The molecule has 115 heavy (non-hydrogen) atoms. The molecule has 3 aromatic rings. The van der Waals surface area contributed by atoms with Crippen LogP contribution in [0.4, 0.5) is 21.0 Å². The van der Waals surface area contributed by atoms with Crippen molar-refractivity contribution < 1.29 is 91.2 Å². The number of benzene rings is 2. The number of amides is 15. The van der Waals surface area contributed by atoms with E-state index in [0.29, 0.717) is 73.7 Å². The van der Waals surface area contributed by atoms with Gasteiger partial charge in [-0.15, -0.1) is 0 Å². The molecule has 632 valence electrons. The zero-order valence-corrected chi connectivity index (χ0v) is 66.5. The third-order valence-electron chi connectivity index (χ3n) is 19.1. The average Bonchev–Trinajstić information content (AvgIpc) is 1.78. The molecular formula is C79H116N16O19S. The third kappa shape index (κ3) is 38.6. The van der Waals surface area contributed by atoms with Crippen LogP contribution in [0.25, 0.3) is 6.08 Å². The number of para-hydroxylation sites is 1. The van der Waals surface area contributed by atoms with Crippen molar-refractivity contribution in [3.63, 3.8) is 0 Å². The maximum atomic E-state index is 14.4. The van der Waals surface area contributed by atoms with Crippen LogP contribution in [-0.4, -0.2) is 232 Å². The number of nitrogens with zero attached hydrogens (tertiary/aromatic N) is 1. The van der Waals surface area contributed by atoms with Crippen molar-refractivity contribution in [2.75, 3.05) is 109 Å². The molecule has 17 N–H and O–H groups in total. The normalized spacial score (nSPS) is 16.0. The van der Waals surface area contributed by atoms with Gasteiger partial charge >= 0.3 is 18.0 Å². The first-order valence-electron chi connectivity index (χ1n) is 39.7. The molecule has 0 bridgehead atoms. The number of primary amides is 1. The number of aromatic nitrogens is 1. The number of carbonyl (C=O) groups is 14. The lowest BCUT2D eigenvalue weighted by Crippen LogP contribution is -2.63. The molecule has 2 aliphatic heterocycles. The van der Waals surface area contributed by atoms with Crippen LogP contribution >= 0.6 is 11.8 Å². The SMILES string of the molecule is Cc1ccccc1NC(=O)Nc1ccc(CC(=O)N[C@@H](CCCCNC(=O)/C=C/c2cccnc2)C(=O)N[C@@H](CCCC(=O)O)C(=O)NC2(C(=O)NCCOCCOCCNC(=O)CCC(=O)NCCOCCOCCNC(=O)CCC(=O)N[C@@H](CCCCNC(=O)CCCC[C@H]3SC[C@H]4NC(=O)N[C@H]43)C(N)=O)CCCCC2)cc1. The monoisotopic (exact) mass is 1620 g/mol. The molecule has 15 amide bonds. The Labute approximate surface area is 674 Å². The highest BCUT2D eigenvalue weighted by atomic mass is 32.2. The molecule has 35 nitrogen and oxygen atoms in total. The quantitative estimate of drug-likeness (QED) is 0.0219.